The number of anilines is 1. The predicted molar refractivity (Wildman–Crippen MR) is 65.7 cm³/mol. The van der Waals surface area contributed by atoms with E-state index in [0.29, 0.717) is 12.2 Å². The molecule has 96 valence electrons. The summed E-state index contributed by atoms with van der Waals surface area (Å²) < 4.78 is 0. The topological polar surface area (TPSA) is 86.7 Å². The second-order valence-corrected chi connectivity index (χ2v) is 5.05. The van der Waals surface area contributed by atoms with E-state index in [-0.39, 0.29) is 23.1 Å². The van der Waals surface area contributed by atoms with E-state index in [1.165, 1.54) is 4.90 Å². The first-order valence-electron chi connectivity index (χ1n) is 5.34. The molecule has 1 saturated heterocycles. The van der Waals surface area contributed by atoms with Gasteiger partial charge in [0.15, 0.2) is 0 Å². The minimum Gasteiger partial charge on any atom is -0.477 e. The van der Waals surface area contributed by atoms with Crippen molar-refractivity contribution < 1.29 is 19.5 Å². The quantitative estimate of drug-likeness (QED) is 0.851. The molecule has 1 atom stereocenters. The first-order chi connectivity index (χ1) is 8.49. The summed E-state index contributed by atoms with van der Waals surface area (Å²) in [5, 5.41) is 13.1. The number of hydrogen-bond donors (Lipinski definition) is 2. The van der Waals surface area contributed by atoms with E-state index < -0.39 is 11.9 Å². The monoisotopic (exact) mass is 268 g/mol. The van der Waals surface area contributed by atoms with Crippen LogP contribution in [0, 0.1) is 5.92 Å². The Morgan fingerprint density at radius 2 is 2.28 bits per heavy atom. The van der Waals surface area contributed by atoms with Gasteiger partial charge in [-0.1, -0.05) is 0 Å². The molecule has 2 N–H and O–H groups in total. The molecule has 2 heterocycles. The average Bonchev–Trinajstić information content (AvgIpc) is 2.87. The summed E-state index contributed by atoms with van der Waals surface area (Å²) in [6, 6.07) is 1.55. The number of carboxylic acid groups (broad SMARTS) is 1. The molecule has 18 heavy (non-hydrogen) atoms. The SMILES string of the molecule is CN1CC(C(=O)Nc2ccsc2C(=O)O)CC1=O. The predicted octanol–water partition coefficient (Wildman–Crippen LogP) is 0.863. The van der Waals surface area contributed by atoms with Gasteiger partial charge in [-0.15, -0.1) is 11.3 Å². The number of carbonyl (C=O) groups is 3. The lowest BCUT2D eigenvalue weighted by molar-refractivity contribution is -0.127. The maximum atomic E-state index is 11.9. The molecule has 0 bridgehead atoms. The van der Waals surface area contributed by atoms with Gasteiger partial charge >= 0.3 is 5.97 Å². The van der Waals surface area contributed by atoms with Crippen LogP contribution in [0.3, 0.4) is 0 Å². The number of carboxylic acids is 1. The van der Waals surface area contributed by atoms with Gasteiger partial charge in [0, 0.05) is 20.0 Å². The Balaban J connectivity index is 2.06. The van der Waals surface area contributed by atoms with Gasteiger partial charge in [-0.2, -0.15) is 0 Å². The van der Waals surface area contributed by atoms with E-state index >= 15 is 0 Å². The standard InChI is InChI=1S/C11H12N2O4S/c1-13-5-6(4-8(13)14)10(15)12-7-2-3-18-9(7)11(16)17/h2-3,6H,4-5H2,1H3,(H,12,15)(H,16,17). The van der Waals surface area contributed by atoms with Crippen LogP contribution in [0.25, 0.3) is 0 Å². The summed E-state index contributed by atoms with van der Waals surface area (Å²) >= 11 is 1.05. The number of aromatic carboxylic acids is 1. The number of rotatable bonds is 3. The van der Waals surface area contributed by atoms with Crippen LogP contribution in [0.4, 0.5) is 5.69 Å². The Morgan fingerprint density at radius 3 is 2.83 bits per heavy atom. The zero-order chi connectivity index (χ0) is 13.3. The van der Waals surface area contributed by atoms with Gasteiger partial charge < -0.3 is 15.3 Å². The van der Waals surface area contributed by atoms with Crippen LogP contribution >= 0.6 is 11.3 Å². The molecule has 1 aromatic heterocycles. The smallest absolute Gasteiger partial charge is 0.348 e. The third-order valence-corrected chi connectivity index (χ3v) is 3.73. The minimum absolute atomic E-state index is 0.0704. The highest BCUT2D eigenvalue weighted by molar-refractivity contribution is 7.12. The van der Waals surface area contributed by atoms with Gasteiger partial charge in [0.1, 0.15) is 4.88 Å². The molecule has 1 fully saturated rings. The molecule has 0 spiro atoms. The first kappa shape index (κ1) is 12.6. The van der Waals surface area contributed by atoms with Gasteiger partial charge in [0.05, 0.1) is 11.6 Å². The highest BCUT2D eigenvalue weighted by Gasteiger charge is 2.32. The van der Waals surface area contributed by atoms with Crippen LogP contribution in [0.2, 0.25) is 0 Å². The lowest BCUT2D eigenvalue weighted by atomic mass is 10.1. The van der Waals surface area contributed by atoms with Crippen LogP contribution in [0.1, 0.15) is 16.1 Å². The summed E-state index contributed by atoms with van der Waals surface area (Å²) in [4.78, 5) is 35.7. The molecule has 6 nitrogen and oxygen atoms in total. The normalized spacial score (nSPS) is 19.1. The lowest BCUT2D eigenvalue weighted by Gasteiger charge is -2.10. The Kier molecular flexibility index (Phi) is 3.33. The van der Waals surface area contributed by atoms with E-state index in [2.05, 4.69) is 5.32 Å². The summed E-state index contributed by atoms with van der Waals surface area (Å²) in [5.74, 6) is -1.86. The van der Waals surface area contributed by atoms with Gasteiger partial charge in [-0.05, 0) is 11.4 Å². The molecular weight excluding hydrogens is 256 g/mol. The van der Waals surface area contributed by atoms with E-state index in [1.54, 1.807) is 18.5 Å². The van der Waals surface area contributed by atoms with Gasteiger partial charge in [-0.25, -0.2) is 4.79 Å². The van der Waals surface area contributed by atoms with Crippen LogP contribution in [-0.2, 0) is 9.59 Å². The third-order valence-electron chi connectivity index (χ3n) is 2.83. The molecule has 0 aromatic carbocycles. The number of nitrogens with one attached hydrogen (secondary N) is 1. The summed E-state index contributed by atoms with van der Waals surface area (Å²) in [7, 11) is 1.64. The molecule has 1 aliphatic rings. The lowest BCUT2D eigenvalue weighted by Crippen LogP contribution is -2.26. The van der Waals surface area contributed by atoms with Crippen molar-refractivity contribution in [3.8, 4) is 0 Å². The number of hydrogen-bond acceptors (Lipinski definition) is 4. The van der Waals surface area contributed by atoms with Crippen molar-refractivity contribution in [1.29, 1.82) is 0 Å². The molecule has 0 aliphatic carbocycles. The van der Waals surface area contributed by atoms with Crippen LogP contribution < -0.4 is 5.32 Å². The van der Waals surface area contributed by atoms with Crippen molar-refractivity contribution in [2.75, 3.05) is 18.9 Å². The molecule has 7 heteroatoms. The minimum atomic E-state index is -1.07. The van der Waals surface area contributed by atoms with Gasteiger partial charge in [-0.3, -0.25) is 9.59 Å². The summed E-state index contributed by atoms with van der Waals surface area (Å²) in [5.41, 5.74) is 0.291. The molecule has 1 unspecified atom stereocenters. The highest BCUT2D eigenvalue weighted by Crippen LogP contribution is 2.24. The van der Waals surface area contributed by atoms with Gasteiger partial charge in [0.2, 0.25) is 11.8 Å². The first-order valence-corrected chi connectivity index (χ1v) is 6.22. The maximum Gasteiger partial charge on any atom is 0.348 e. The molecular formula is C11H12N2O4S. The fourth-order valence-electron chi connectivity index (χ4n) is 1.85. The average molecular weight is 268 g/mol. The number of thiophene rings is 1. The van der Waals surface area contributed by atoms with Crippen LogP contribution in [0.15, 0.2) is 11.4 Å². The van der Waals surface area contributed by atoms with Crippen molar-refractivity contribution >= 4 is 34.8 Å². The third kappa shape index (κ3) is 2.35. The maximum absolute atomic E-state index is 11.9. The van der Waals surface area contributed by atoms with Crippen molar-refractivity contribution in [2.45, 2.75) is 6.42 Å². The van der Waals surface area contributed by atoms with Crippen molar-refractivity contribution in [3.05, 3.63) is 16.3 Å². The fraction of sp³-hybridized carbons (Fsp3) is 0.364. The van der Waals surface area contributed by atoms with Crippen molar-refractivity contribution in [1.82, 2.24) is 4.90 Å². The second-order valence-electron chi connectivity index (χ2n) is 4.13. The summed E-state index contributed by atoms with van der Waals surface area (Å²) in [6.45, 7) is 0.372. The number of nitrogens with zero attached hydrogens (tertiary/aromatic N) is 1. The zero-order valence-corrected chi connectivity index (χ0v) is 10.5. The van der Waals surface area contributed by atoms with E-state index in [1.807, 2.05) is 0 Å². The number of likely N-dealkylation sites (tertiary alicyclic amines) is 1. The van der Waals surface area contributed by atoms with Gasteiger partial charge in [0.25, 0.3) is 0 Å². The molecule has 0 saturated carbocycles. The number of amides is 2. The fourth-order valence-corrected chi connectivity index (χ4v) is 2.53. The van der Waals surface area contributed by atoms with Crippen molar-refractivity contribution in [2.24, 2.45) is 5.92 Å². The van der Waals surface area contributed by atoms with E-state index in [0.717, 1.165) is 11.3 Å². The van der Waals surface area contributed by atoms with E-state index in [4.69, 9.17) is 5.11 Å². The van der Waals surface area contributed by atoms with Crippen LogP contribution in [0.5, 0.6) is 0 Å². The largest absolute Gasteiger partial charge is 0.477 e. The summed E-state index contributed by atoms with van der Waals surface area (Å²) in [6.07, 6.45) is 0.175. The van der Waals surface area contributed by atoms with Crippen LogP contribution in [-0.4, -0.2) is 41.4 Å². The Bertz CT molecular complexity index is 511. The van der Waals surface area contributed by atoms with Crippen molar-refractivity contribution in [3.63, 3.8) is 0 Å². The van der Waals surface area contributed by atoms with E-state index in [9.17, 15) is 14.4 Å². The molecule has 0 radical (unpaired) electrons. The second kappa shape index (κ2) is 4.77. The Labute approximate surface area is 107 Å². The zero-order valence-electron chi connectivity index (χ0n) is 9.67. The molecule has 1 aromatic rings. The Hall–Kier alpha value is -1.89. The number of carbonyl (C=O) groups excluding carboxylic acids is 2. The highest BCUT2D eigenvalue weighted by atomic mass is 32.1. The molecule has 1 aliphatic heterocycles. The Morgan fingerprint density at radius 1 is 1.56 bits per heavy atom. The molecule has 2 rings (SSSR count). The molecule has 2 amide bonds.